The van der Waals surface area contributed by atoms with Crippen LogP contribution in [0.3, 0.4) is 0 Å². The van der Waals surface area contributed by atoms with Crippen LogP contribution in [0.1, 0.15) is 41.0 Å². The molecule has 0 aliphatic carbocycles. The van der Waals surface area contributed by atoms with E-state index in [0.717, 1.165) is 18.6 Å². The minimum Gasteiger partial charge on any atom is -0.493 e. The summed E-state index contributed by atoms with van der Waals surface area (Å²) in [4.78, 5) is 24.2. The van der Waals surface area contributed by atoms with Crippen molar-refractivity contribution >= 4 is 11.8 Å². The summed E-state index contributed by atoms with van der Waals surface area (Å²) in [6.07, 6.45) is 0.872. The Kier molecular flexibility index (Phi) is 7.31. The van der Waals surface area contributed by atoms with Crippen molar-refractivity contribution in [2.75, 3.05) is 13.7 Å². The van der Waals surface area contributed by atoms with Crippen LogP contribution in [0.2, 0.25) is 0 Å². The van der Waals surface area contributed by atoms with Gasteiger partial charge in [-0.2, -0.15) is 0 Å². The van der Waals surface area contributed by atoms with Crippen LogP contribution in [-0.4, -0.2) is 25.5 Å². The number of methoxy groups -OCH3 is 1. The average Bonchev–Trinajstić information content (AvgIpc) is 2.65. The van der Waals surface area contributed by atoms with Crippen molar-refractivity contribution in [2.24, 2.45) is 5.92 Å². The van der Waals surface area contributed by atoms with E-state index in [-0.39, 0.29) is 5.56 Å². The zero-order valence-electron chi connectivity index (χ0n) is 15.8. The van der Waals surface area contributed by atoms with Crippen LogP contribution in [0.15, 0.2) is 36.4 Å². The Balaban J connectivity index is 2.00. The van der Waals surface area contributed by atoms with E-state index in [9.17, 15) is 18.4 Å². The lowest BCUT2D eigenvalue weighted by Gasteiger charge is -2.13. The van der Waals surface area contributed by atoms with Crippen LogP contribution < -0.4 is 20.3 Å². The van der Waals surface area contributed by atoms with Crippen molar-refractivity contribution in [3.05, 3.63) is 59.2 Å². The maximum absolute atomic E-state index is 13.6. The SMILES string of the molecule is COc1cc(C(=O)NNC(=O)c2ccc(F)cc2F)ccc1OCCC(C)C. The molecule has 0 spiro atoms. The maximum atomic E-state index is 13.6. The Hall–Kier alpha value is -3.16. The summed E-state index contributed by atoms with van der Waals surface area (Å²) < 4.78 is 37.4. The molecule has 2 aromatic rings. The van der Waals surface area contributed by atoms with Gasteiger partial charge in [0.25, 0.3) is 11.8 Å². The van der Waals surface area contributed by atoms with Crippen molar-refractivity contribution in [3.8, 4) is 11.5 Å². The van der Waals surface area contributed by atoms with E-state index in [2.05, 4.69) is 24.7 Å². The van der Waals surface area contributed by atoms with E-state index in [4.69, 9.17) is 9.47 Å². The molecule has 0 bridgehead atoms. The van der Waals surface area contributed by atoms with Crippen molar-refractivity contribution in [3.63, 3.8) is 0 Å². The zero-order valence-corrected chi connectivity index (χ0v) is 15.8. The van der Waals surface area contributed by atoms with E-state index >= 15 is 0 Å². The smallest absolute Gasteiger partial charge is 0.272 e. The van der Waals surface area contributed by atoms with Gasteiger partial charge in [-0.05, 0) is 42.7 Å². The first kappa shape index (κ1) is 21.1. The molecule has 0 aliphatic rings. The molecule has 0 fully saturated rings. The molecule has 0 radical (unpaired) electrons. The van der Waals surface area contributed by atoms with E-state index in [1.165, 1.54) is 19.2 Å². The van der Waals surface area contributed by atoms with Gasteiger partial charge in [-0.15, -0.1) is 0 Å². The second-order valence-corrected chi connectivity index (χ2v) is 6.43. The molecule has 6 nitrogen and oxygen atoms in total. The highest BCUT2D eigenvalue weighted by Gasteiger charge is 2.15. The van der Waals surface area contributed by atoms with Gasteiger partial charge in [-0.1, -0.05) is 13.8 Å². The number of rotatable bonds is 7. The number of carbonyl (C=O) groups excluding carboxylic acids is 2. The van der Waals surface area contributed by atoms with Crippen LogP contribution in [0.4, 0.5) is 8.78 Å². The summed E-state index contributed by atoms with van der Waals surface area (Å²) in [5.41, 5.74) is 4.06. The number of hydrazine groups is 1. The summed E-state index contributed by atoms with van der Waals surface area (Å²) >= 11 is 0. The van der Waals surface area contributed by atoms with Crippen molar-refractivity contribution in [1.82, 2.24) is 10.9 Å². The molecular weight excluding hydrogens is 370 g/mol. The average molecular weight is 392 g/mol. The number of benzene rings is 2. The van der Waals surface area contributed by atoms with Crippen molar-refractivity contribution in [1.29, 1.82) is 0 Å². The molecule has 8 heteroatoms. The quantitative estimate of drug-likeness (QED) is 0.708. The van der Waals surface area contributed by atoms with Gasteiger partial charge < -0.3 is 9.47 Å². The van der Waals surface area contributed by atoms with Crippen LogP contribution >= 0.6 is 0 Å². The monoisotopic (exact) mass is 392 g/mol. The second kappa shape index (κ2) is 9.68. The lowest BCUT2D eigenvalue weighted by atomic mass is 10.1. The highest BCUT2D eigenvalue weighted by atomic mass is 19.1. The number of halogens is 2. The highest BCUT2D eigenvalue weighted by Crippen LogP contribution is 2.28. The lowest BCUT2D eigenvalue weighted by Crippen LogP contribution is -2.42. The lowest BCUT2D eigenvalue weighted by molar-refractivity contribution is 0.0844. The third kappa shape index (κ3) is 5.67. The summed E-state index contributed by atoms with van der Waals surface area (Å²) in [5, 5.41) is 0. The minimum absolute atomic E-state index is 0.202. The molecule has 0 heterocycles. The molecule has 2 amide bonds. The van der Waals surface area contributed by atoms with Crippen LogP contribution in [-0.2, 0) is 0 Å². The predicted molar refractivity (Wildman–Crippen MR) is 99.2 cm³/mol. The first-order valence-electron chi connectivity index (χ1n) is 8.68. The summed E-state index contributed by atoms with van der Waals surface area (Å²) in [5.74, 6) is -2.03. The Morgan fingerprint density at radius 2 is 1.71 bits per heavy atom. The molecule has 150 valence electrons. The molecule has 0 aliphatic heterocycles. The number of carbonyl (C=O) groups is 2. The molecule has 0 unspecified atom stereocenters. The number of ether oxygens (including phenoxy) is 2. The number of hydrogen-bond acceptors (Lipinski definition) is 4. The van der Waals surface area contributed by atoms with E-state index in [1.807, 2.05) is 0 Å². The Morgan fingerprint density at radius 1 is 1.00 bits per heavy atom. The normalized spacial score (nSPS) is 10.5. The number of hydrogen-bond donors (Lipinski definition) is 2. The molecule has 2 aromatic carbocycles. The summed E-state index contributed by atoms with van der Waals surface area (Å²) in [6, 6.07) is 7.08. The molecule has 28 heavy (non-hydrogen) atoms. The van der Waals surface area contributed by atoms with Gasteiger partial charge in [-0.3, -0.25) is 20.4 Å². The first-order valence-corrected chi connectivity index (χ1v) is 8.68. The topological polar surface area (TPSA) is 76.7 Å². The summed E-state index contributed by atoms with van der Waals surface area (Å²) in [6.45, 7) is 4.68. The van der Waals surface area contributed by atoms with E-state index in [1.54, 1.807) is 6.07 Å². The van der Waals surface area contributed by atoms with Gasteiger partial charge in [0.1, 0.15) is 11.6 Å². The molecule has 0 saturated heterocycles. The highest BCUT2D eigenvalue weighted by molar-refractivity contribution is 5.99. The first-order chi connectivity index (χ1) is 13.3. The third-order valence-electron chi connectivity index (χ3n) is 3.84. The van der Waals surface area contributed by atoms with Crippen molar-refractivity contribution in [2.45, 2.75) is 20.3 Å². The van der Waals surface area contributed by atoms with Crippen LogP contribution in [0, 0.1) is 17.6 Å². The van der Waals surface area contributed by atoms with Gasteiger partial charge in [0.05, 0.1) is 19.3 Å². The Morgan fingerprint density at radius 3 is 2.36 bits per heavy atom. The molecule has 0 saturated carbocycles. The fraction of sp³-hybridized carbons (Fsp3) is 0.300. The Bertz CT molecular complexity index is 856. The standard InChI is InChI=1S/C20H22F2N2O4/c1-12(2)8-9-28-17-7-4-13(10-18(17)27-3)19(25)23-24-20(26)15-6-5-14(21)11-16(15)22/h4-7,10-12H,8-9H2,1-3H3,(H,23,25)(H,24,26). The van der Waals surface area contributed by atoms with E-state index < -0.39 is 29.0 Å². The minimum atomic E-state index is -1.03. The number of nitrogens with one attached hydrogen (secondary N) is 2. The number of amides is 2. The van der Waals surface area contributed by atoms with Gasteiger partial charge >= 0.3 is 0 Å². The maximum Gasteiger partial charge on any atom is 0.272 e. The molecule has 2 rings (SSSR count). The third-order valence-corrected chi connectivity index (χ3v) is 3.84. The molecular formula is C20H22F2N2O4. The molecule has 0 atom stereocenters. The summed E-state index contributed by atoms with van der Waals surface area (Å²) in [7, 11) is 1.45. The molecule has 2 N–H and O–H groups in total. The Labute approximate surface area is 161 Å². The zero-order chi connectivity index (χ0) is 20.7. The van der Waals surface area contributed by atoms with Gasteiger partial charge in [-0.25, -0.2) is 8.78 Å². The largest absolute Gasteiger partial charge is 0.493 e. The fourth-order valence-electron chi connectivity index (χ4n) is 2.26. The predicted octanol–water partition coefficient (Wildman–Crippen LogP) is 3.47. The van der Waals surface area contributed by atoms with Gasteiger partial charge in [0, 0.05) is 11.6 Å². The van der Waals surface area contributed by atoms with Crippen LogP contribution in [0.25, 0.3) is 0 Å². The molecule has 0 aromatic heterocycles. The fourth-order valence-corrected chi connectivity index (χ4v) is 2.26. The van der Waals surface area contributed by atoms with E-state index in [0.29, 0.717) is 30.1 Å². The van der Waals surface area contributed by atoms with Crippen LogP contribution in [0.5, 0.6) is 11.5 Å². The van der Waals surface area contributed by atoms with Crippen molar-refractivity contribution < 1.29 is 27.8 Å². The second-order valence-electron chi connectivity index (χ2n) is 6.43. The van der Waals surface area contributed by atoms with Gasteiger partial charge in [0.2, 0.25) is 0 Å². The van der Waals surface area contributed by atoms with Gasteiger partial charge in [0.15, 0.2) is 11.5 Å².